The molecule has 0 unspecified atom stereocenters. The zero-order valence-electron chi connectivity index (χ0n) is 23.9. The summed E-state index contributed by atoms with van der Waals surface area (Å²) in [5.41, 5.74) is 2.80. The van der Waals surface area contributed by atoms with E-state index in [0.29, 0.717) is 17.9 Å². The van der Waals surface area contributed by atoms with Crippen LogP contribution < -0.4 is 10.1 Å². The molecule has 0 saturated heterocycles. The molecular formula is C34H40F3NO4. The Morgan fingerprint density at radius 2 is 1.21 bits per heavy atom. The van der Waals surface area contributed by atoms with E-state index in [1.54, 1.807) is 24.3 Å². The van der Waals surface area contributed by atoms with E-state index in [9.17, 15) is 22.8 Å². The largest absolute Gasteiger partial charge is 0.494 e. The predicted octanol–water partition coefficient (Wildman–Crippen LogP) is 8.71. The van der Waals surface area contributed by atoms with Gasteiger partial charge in [-0.2, -0.15) is 13.2 Å². The minimum absolute atomic E-state index is 0.0998. The van der Waals surface area contributed by atoms with E-state index in [4.69, 9.17) is 9.84 Å². The highest BCUT2D eigenvalue weighted by Gasteiger charge is 2.29. The van der Waals surface area contributed by atoms with Crippen LogP contribution in [0.15, 0.2) is 72.8 Å². The highest BCUT2D eigenvalue weighted by molar-refractivity contribution is 5.94. The van der Waals surface area contributed by atoms with Crippen LogP contribution in [0.25, 0.3) is 11.1 Å². The average molecular weight is 584 g/mol. The number of benzene rings is 3. The lowest BCUT2D eigenvalue weighted by molar-refractivity contribution is -0.138. The van der Waals surface area contributed by atoms with Crippen LogP contribution >= 0.6 is 0 Å². The molecular weight excluding hydrogens is 543 g/mol. The van der Waals surface area contributed by atoms with E-state index < -0.39 is 17.7 Å². The van der Waals surface area contributed by atoms with Gasteiger partial charge in [0.15, 0.2) is 0 Å². The molecule has 5 nitrogen and oxygen atoms in total. The van der Waals surface area contributed by atoms with Gasteiger partial charge in [0.2, 0.25) is 0 Å². The number of aliphatic carboxylic acids is 1. The topological polar surface area (TPSA) is 75.6 Å². The first-order chi connectivity index (χ1) is 20.2. The van der Waals surface area contributed by atoms with Crippen LogP contribution in [0.1, 0.15) is 85.7 Å². The molecule has 0 fully saturated rings. The molecule has 0 heterocycles. The summed E-state index contributed by atoms with van der Waals surface area (Å²) in [5, 5.41) is 11.2. The van der Waals surface area contributed by atoms with Crippen LogP contribution in [-0.4, -0.2) is 30.1 Å². The third kappa shape index (κ3) is 12.0. The Hall–Kier alpha value is -3.81. The maximum Gasteiger partial charge on any atom is 0.416 e. The third-order valence-electron chi connectivity index (χ3n) is 7.12. The summed E-state index contributed by atoms with van der Waals surface area (Å²) in [4.78, 5) is 22.5. The summed E-state index contributed by atoms with van der Waals surface area (Å²) in [6.07, 6.45) is 7.11. The monoisotopic (exact) mass is 583 g/mol. The Bertz CT molecular complexity index is 1220. The Labute approximate surface area is 246 Å². The van der Waals surface area contributed by atoms with Gasteiger partial charge in [0, 0.05) is 12.1 Å². The van der Waals surface area contributed by atoms with Crippen molar-refractivity contribution in [2.24, 2.45) is 0 Å². The number of halogens is 3. The number of hydrogen-bond acceptors (Lipinski definition) is 3. The number of carbonyl (C=O) groups excluding carboxylic acids is 1. The molecule has 0 aliphatic heterocycles. The van der Waals surface area contributed by atoms with E-state index >= 15 is 0 Å². The lowest BCUT2D eigenvalue weighted by Crippen LogP contribution is -2.25. The van der Waals surface area contributed by atoms with Crippen LogP contribution in [0.3, 0.4) is 0 Å². The molecule has 0 aromatic heterocycles. The Morgan fingerprint density at radius 3 is 1.76 bits per heavy atom. The number of unbranched alkanes of at least 4 members (excludes halogenated alkanes) is 8. The van der Waals surface area contributed by atoms with Crippen molar-refractivity contribution in [1.82, 2.24) is 5.32 Å². The molecule has 0 atom stereocenters. The Balaban J connectivity index is 1.17. The van der Waals surface area contributed by atoms with Crippen molar-refractivity contribution in [1.29, 1.82) is 0 Å². The van der Waals surface area contributed by atoms with Crippen molar-refractivity contribution in [3.8, 4) is 16.9 Å². The van der Waals surface area contributed by atoms with Crippen LogP contribution in [0.5, 0.6) is 5.75 Å². The lowest BCUT2D eigenvalue weighted by Gasteiger charge is -2.08. The molecule has 3 aromatic carbocycles. The second kappa shape index (κ2) is 17.2. The SMILES string of the molecule is O=C(O)CCNC(=O)c1ccc(OCCCCCCCCCCCc2ccc(-c3ccc(C(F)(F)F)cc3)cc2)cc1. The smallest absolute Gasteiger partial charge is 0.416 e. The highest BCUT2D eigenvalue weighted by Crippen LogP contribution is 2.31. The van der Waals surface area contributed by atoms with Gasteiger partial charge >= 0.3 is 12.1 Å². The first kappa shape index (κ1) is 32.7. The molecule has 0 saturated carbocycles. The van der Waals surface area contributed by atoms with Gasteiger partial charge in [-0.15, -0.1) is 0 Å². The van der Waals surface area contributed by atoms with Crippen molar-refractivity contribution in [3.05, 3.63) is 89.5 Å². The van der Waals surface area contributed by atoms with Crippen molar-refractivity contribution in [3.63, 3.8) is 0 Å². The summed E-state index contributed by atoms with van der Waals surface area (Å²) < 4.78 is 44.0. The van der Waals surface area contributed by atoms with Gasteiger partial charge in [-0.05, 0) is 72.4 Å². The molecule has 0 bridgehead atoms. The molecule has 0 radical (unpaired) electrons. The van der Waals surface area contributed by atoms with Crippen molar-refractivity contribution in [2.45, 2.75) is 76.8 Å². The fourth-order valence-corrected chi connectivity index (χ4v) is 4.66. The summed E-state index contributed by atoms with van der Waals surface area (Å²) in [5.74, 6) is -0.529. The van der Waals surface area contributed by atoms with Gasteiger partial charge in [-0.25, -0.2) is 0 Å². The van der Waals surface area contributed by atoms with E-state index in [2.05, 4.69) is 17.4 Å². The molecule has 3 aromatic rings. The molecule has 0 aliphatic rings. The van der Waals surface area contributed by atoms with Crippen molar-refractivity contribution < 1.29 is 32.6 Å². The normalized spacial score (nSPS) is 11.3. The van der Waals surface area contributed by atoms with Crippen LogP contribution in [0, 0.1) is 0 Å². The molecule has 0 aliphatic carbocycles. The van der Waals surface area contributed by atoms with E-state index in [-0.39, 0.29) is 18.9 Å². The number of carboxylic acid groups (broad SMARTS) is 1. The molecule has 0 spiro atoms. The molecule has 226 valence electrons. The maximum absolute atomic E-state index is 12.8. The first-order valence-electron chi connectivity index (χ1n) is 14.7. The fraction of sp³-hybridized carbons (Fsp3) is 0.412. The van der Waals surface area contributed by atoms with E-state index in [1.807, 2.05) is 12.1 Å². The number of rotatable bonds is 18. The van der Waals surface area contributed by atoms with Crippen LogP contribution in [0.4, 0.5) is 13.2 Å². The first-order valence-corrected chi connectivity index (χ1v) is 14.7. The maximum atomic E-state index is 12.8. The second-order valence-corrected chi connectivity index (χ2v) is 10.5. The zero-order valence-corrected chi connectivity index (χ0v) is 23.9. The number of hydrogen-bond donors (Lipinski definition) is 2. The van der Waals surface area contributed by atoms with Crippen molar-refractivity contribution >= 4 is 11.9 Å². The predicted molar refractivity (Wildman–Crippen MR) is 159 cm³/mol. The van der Waals surface area contributed by atoms with Gasteiger partial charge in [-0.1, -0.05) is 81.3 Å². The standard InChI is InChI=1S/C34H40F3NO4/c35-34(36,37)30-19-15-28(16-20-30)27-13-11-26(12-14-27)10-8-6-4-2-1-3-5-7-9-25-42-31-21-17-29(18-22-31)33(41)38-24-23-32(39)40/h11-22H,1-10,23-25H2,(H,38,41)(H,39,40). The third-order valence-corrected chi connectivity index (χ3v) is 7.12. The number of ether oxygens (including phenoxy) is 1. The average Bonchev–Trinajstić information content (AvgIpc) is 2.97. The molecule has 1 amide bonds. The number of alkyl halides is 3. The van der Waals surface area contributed by atoms with Crippen LogP contribution in [0.2, 0.25) is 0 Å². The van der Waals surface area contributed by atoms with E-state index in [1.165, 1.54) is 56.2 Å². The number of aryl methyl sites for hydroxylation is 1. The molecule has 3 rings (SSSR count). The van der Waals surface area contributed by atoms with Crippen molar-refractivity contribution in [2.75, 3.05) is 13.2 Å². The zero-order chi connectivity index (χ0) is 30.2. The van der Waals surface area contributed by atoms with Gasteiger partial charge in [0.05, 0.1) is 18.6 Å². The number of carbonyl (C=O) groups is 2. The molecule has 8 heteroatoms. The minimum Gasteiger partial charge on any atom is -0.494 e. The summed E-state index contributed by atoms with van der Waals surface area (Å²) in [6, 6.07) is 20.2. The number of nitrogens with one attached hydrogen (secondary N) is 1. The lowest BCUT2D eigenvalue weighted by atomic mass is 10.00. The number of amides is 1. The summed E-state index contributed by atoms with van der Waals surface area (Å²) in [7, 11) is 0. The molecule has 42 heavy (non-hydrogen) atoms. The van der Waals surface area contributed by atoms with E-state index in [0.717, 1.165) is 48.9 Å². The quantitative estimate of drug-likeness (QED) is 0.147. The van der Waals surface area contributed by atoms with Gasteiger partial charge in [0.25, 0.3) is 5.91 Å². The molecule has 2 N–H and O–H groups in total. The Morgan fingerprint density at radius 1 is 0.690 bits per heavy atom. The Kier molecular flexibility index (Phi) is 13.4. The summed E-state index contributed by atoms with van der Waals surface area (Å²) >= 11 is 0. The second-order valence-electron chi connectivity index (χ2n) is 10.5. The summed E-state index contributed by atoms with van der Waals surface area (Å²) in [6.45, 7) is 0.734. The van der Waals surface area contributed by atoms with Crippen LogP contribution in [-0.2, 0) is 17.4 Å². The number of carboxylic acids is 1. The minimum atomic E-state index is -4.31. The fourth-order valence-electron chi connectivity index (χ4n) is 4.66. The van der Waals surface area contributed by atoms with Gasteiger partial charge < -0.3 is 15.2 Å². The van der Waals surface area contributed by atoms with Gasteiger partial charge in [0.1, 0.15) is 5.75 Å². The van der Waals surface area contributed by atoms with Gasteiger partial charge in [-0.3, -0.25) is 9.59 Å². The highest BCUT2D eigenvalue weighted by atomic mass is 19.4.